The molecule has 26 nitrogen and oxygen atoms in total. The molecule has 1 saturated carbocycles. The number of pyridine rings is 1. The van der Waals surface area contributed by atoms with E-state index >= 15 is 0 Å². The van der Waals surface area contributed by atoms with E-state index in [-0.39, 0.29) is 89.2 Å². The van der Waals surface area contributed by atoms with Crippen LogP contribution in [0.1, 0.15) is 232 Å². The molecule has 1 atom stereocenters. The van der Waals surface area contributed by atoms with Gasteiger partial charge in [-0.2, -0.15) is 26.3 Å². The van der Waals surface area contributed by atoms with Crippen molar-refractivity contribution in [2.75, 3.05) is 127 Å². The molecular formula is C99H123ClF7N13O13S. The summed E-state index contributed by atoms with van der Waals surface area (Å²) in [5.41, 5.74) is 3.93. The number of rotatable bonds is 14. The van der Waals surface area contributed by atoms with Crippen molar-refractivity contribution >= 4 is 62.4 Å². The average molecular weight is 1900 g/mol. The van der Waals surface area contributed by atoms with Gasteiger partial charge >= 0.3 is 12.4 Å². The first kappa shape index (κ1) is 99.6. The standard InChI is InChI=1S/C27H37N3O4S.C25H31F4N3O3.C24H28ClN3O3.C23H27F3N4O3/c1-7-35(33,34)22-10-8-20(18-19(22)2)25(32)29-14-12-27(13-15-29)23-11-9-21(24(31)26(3,4)5)30(23)17-16-28(27)6;1-23(2,3)35-18-7-6-16(14-19(18)34-5)22(33)31-10-8-24(9-11-31)21-17(26)15-20(25(27,28)29)32(21)13-12-30(24)4;1-26-13-14-28-19(22(29)16-3-4-16)6-8-21(28)24(26)9-11-27(12-10-24)23(30)17-5-7-20(31-2)18(25)15-17;1-14-13-30-17(20(31)23(24,25)26)6-8-19(30)22(28(14)3)9-11-29(12-10-22)21(32)16-5-7-18(33-4)15(2)27-16/h8-11,18H,7,12-17H2,1-6H3;6-7,14-15H,8-13H2,1-5H3;5-8,15-16H,3-4,9-14H2,1-2H3;5-8,14H,9-13H2,1-4H3/t;;;14-/m...0/s1. The molecule has 8 aliphatic heterocycles. The SMILES string of the molecule is CCS(=O)(=O)c1ccc(C(=O)N2CCC3(CC2)c2ccc(C(=O)C(C)(C)C)n2CCN3C)cc1C.COc1cc(C(=O)N2CCC3(CC2)c2c(F)cc(C(F)(F)F)n2CCN3C)ccc1OC(C)(C)C.COc1ccc(C(=O)N2CCC3(CC2)c2ccc(C(=O)C(F)(F)F)n2C[C@H](C)N3C)nc1C.COc1ccc(C(=O)N2CCC3(CC2)c2ccc(C(=O)C4CC4)n2CCN3C)cc1Cl. The summed E-state index contributed by atoms with van der Waals surface area (Å²) in [4.78, 5) is 111. The predicted octanol–water partition coefficient (Wildman–Crippen LogP) is 16.0. The van der Waals surface area contributed by atoms with Crippen LogP contribution in [-0.2, 0) is 64.3 Å². The van der Waals surface area contributed by atoms with Gasteiger partial charge in [-0.25, -0.2) is 17.8 Å². The molecule has 8 aromatic rings. The zero-order valence-corrected chi connectivity index (χ0v) is 81.1. The van der Waals surface area contributed by atoms with Gasteiger partial charge in [0.2, 0.25) is 0 Å². The summed E-state index contributed by atoms with van der Waals surface area (Å²) >= 11 is 6.23. The van der Waals surface area contributed by atoms with E-state index in [4.69, 9.17) is 30.5 Å². The number of piperidine rings is 4. The number of aromatic nitrogens is 5. The van der Waals surface area contributed by atoms with Crippen LogP contribution in [0.25, 0.3) is 0 Å². The Morgan fingerprint density at radius 1 is 0.478 bits per heavy atom. The number of sulfone groups is 1. The number of likely N-dealkylation sites (N-methyl/N-ethyl adjacent to an activating group) is 4. The van der Waals surface area contributed by atoms with Crippen molar-refractivity contribution in [2.24, 2.45) is 11.3 Å². The van der Waals surface area contributed by atoms with Gasteiger partial charge in [-0.1, -0.05) is 39.3 Å². The lowest BCUT2D eigenvalue weighted by molar-refractivity contribution is -0.144. The van der Waals surface area contributed by atoms with Crippen LogP contribution in [-0.4, -0.2) is 257 Å². The smallest absolute Gasteiger partial charge is 0.456 e. The van der Waals surface area contributed by atoms with Crippen LogP contribution in [0.4, 0.5) is 30.7 Å². The first-order chi connectivity index (χ1) is 63.0. The number of benzene rings is 3. The van der Waals surface area contributed by atoms with Crippen molar-refractivity contribution < 1.29 is 91.7 Å². The molecule has 0 unspecified atom stereocenters. The minimum Gasteiger partial charge on any atom is -0.495 e. The number of halogens is 8. The number of alkyl halides is 6. The fourth-order valence-corrected chi connectivity index (χ4v) is 22.5. The largest absolute Gasteiger partial charge is 0.495 e. The molecule has 4 saturated heterocycles. The van der Waals surface area contributed by atoms with E-state index in [1.165, 1.54) is 23.4 Å². The van der Waals surface area contributed by atoms with Crippen LogP contribution < -0.4 is 18.9 Å². The highest BCUT2D eigenvalue weighted by Crippen LogP contribution is 2.50. The molecule has 5 fully saturated rings. The summed E-state index contributed by atoms with van der Waals surface area (Å²) in [5, 5.41) is 0.444. The molecule has 5 aromatic heterocycles. The van der Waals surface area contributed by atoms with Crippen LogP contribution in [0.15, 0.2) is 114 Å². The maximum atomic E-state index is 14.9. The first-order valence-corrected chi connectivity index (χ1v) is 47.9. The molecule has 9 aliphatic rings. The number of Topliss-reactive ketones (excluding diaryl/α,β-unsaturated/α-hetero) is 3. The van der Waals surface area contributed by atoms with Crippen LogP contribution >= 0.6 is 11.6 Å². The van der Waals surface area contributed by atoms with Crippen LogP contribution in [0, 0.1) is 31.0 Å². The fourth-order valence-electron chi connectivity index (χ4n) is 21.1. The van der Waals surface area contributed by atoms with Crippen molar-refractivity contribution in [2.45, 2.75) is 211 Å². The Morgan fingerprint density at radius 3 is 1.36 bits per heavy atom. The summed E-state index contributed by atoms with van der Waals surface area (Å²) in [6.45, 7) is 26.8. The van der Waals surface area contributed by atoms with Crippen molar-refractivity contribution in [3.05, 3.63) is 199 Å². The van der Waals surface area contributed by atoms with E-state index in [2.05, 4.69) is 55.0 Å². The Kier molecular flexibility index (Phi) is 28.2. The first-order valence-electron chi connectivity index (χ1n) is 45.9. The monoisotopic (exact) mass is 1900 g/mol. The fraction of sp³-hybridized carbons (Fsp3) is 0.535. The maximum absolute atomic E-state index is 14.9. The van der Waals surface area contributed by atoms with Crippen molar-refractivity contribution in [1.82, 2.24) is 62.5 Å². The Bertz CT molecular complexity index is 5930. The molecule has 3 aromatic carbocycles. The number of methoxy groups -OCH3 is 3. The number of ether oxygens (including phenoxy) is 4. The highest BCUT2D eigenvalue weighted by atomic mass is 35.5. The Morgan fingerprint density at radius 2 is 0.903 bits per heavy atom. The Labute approximate surface area is 783 Å². The lowest BCUT2D eigenvalue weighted by Crippen LogP contribution is -2.59. The van der Waals surface area contributed by atoms with Gasteiger partial charge in [0, 0.05) is 155 Å². The van der Waals surface area contributed by atoms with E-state index in [1.54, 1.807) is 125 Å². The highest BCUT2D eigenvalue weighted by molar-refractivity contribution is 7.91. The molecule has 4 amide bonds. The van der Waals surface area contributed by atoms with Crippen molar-refractivity contribution in [1.29, 1.82) is 0 Å². The van der Waals surface area contributed by atoms with E-state index in [1.807, 2.05) is 82.3 Å². The van der Waals surface area contributed by atoms with Crippen LogP contribution in [0.3, 0.4) is 0 Å². The quantitative estimate of drug-likeness (QED) is 0.0725. The summed E-state index contributed by atoms with van der Waals surface area (Å²) in [7, 11) is 9.35. The minimum absolute atomic E-state index is 0.00199. The molecular weight excluding hydrogens is 1780 g/mol. The molecule has 13 heterocycles. The third-order valence-corrected chi connectivity index (χ3v) is 31.2. The third kappa shape index (κ3) is 19.1. The number of aryl methyl sites for hydroxylation is 2. The molecule has 0 radical (unpaired) electrons. The Hall–Kier alpha value is -10.4. The number of nitrogens with zero attached hydrogens (tertiary/aromatic N) is 13. The summed E-state index contributed by atoms with van der Waals surface area (Å²) in [6.07, 6.45) is -2.51. The number of carbonyl (C=O) groups excluding carboxylic acids is 7. The van der Waals surface area contributed by atoms with Gasteiger partial charge in [-0.3, -0.25) is 53.2 Å². The lowest BCUT2D eigenvalue weighted by atomic mass is 9.80. The number of hydrogen-bond acceptors (Lipinski definition) is 18. The van der Waals surface area contributed by atoms with Crippen molar-refractivity contribution in [3.63, 3.8) is 0 Å². The van der Waals surface area contributed by atoms with Gasteiger partial charge in [0.1, 0.15) is 34.3 Å². The molecule has 134 heavy (non-hydrogen) atoms. The lowest BCUT2D eigenvalue weighted by Gasteiger charge is -2.53. The summed E-state index contributed by atoms with van der Waals surface area (Å²) < 4.78 is 148. The predicted molar refractivity (Wildman–Crippen MR) is 492 cm³/mol. The topological polar surface area (TPSA) is 249 Å². The van der Waals surface area contributed by atoms with Gasteiger partial charge in [-0.05, 0) is 243 Å². The molecule has 1 aliphatic carbocycles. The normalized spacial score (nSPS) is 19.5. The second-order valence-electron chi connectivity index (χ2n) is 39.0. The molecule has 17 rings (SSSR count). The number of fused-ring (bicyclic) bond motifs is 8. The maximum Gasteiger partial charge on any atom is 0.456 e. The minimum atomic E-state index is -4.92. The summed E-state index contributed by atoms with van der Waals surface area (Å²) in [6, 6.07) is 30.1. The second-order valence-corrected chi connectivity index (χ2v) is 41.6. The number of likely N-dealkylation sites (tertiary alicyclic amines) is 4. The molecule has 0 N–H and O–H groups in total. The van der Waals surface area contributed by atoms with E-state index in [9.17, 15) is 72.7 Å². The van der Waals surface area contributed by atoms with Gasteiger partial charge in [-0.15, -0.1) is 0 Å². The Balaban J connectivity index is 0.000000143. The zero-order chi connectivity index (χ0) is 97.4. The van der Waals surface area contributed by atoms with Gasteiger partial charge in [0.05, 0.1) is 87.6 Å². The number of carbonyl (C=O) groups is 7. The third-order valence-electron chi connectivity index (χ3n) is 29.1. The molecule has 724 valence electrons. The summed E-state index contributed by atoms with van der Waals surface area (Å²) in [5.74, 6) is -0.301. The van der Waals surface area contributed by atoms with Crippen LogP contribution in [0.2, 0.25) is 5.02 Å². The zero-order valence-electron chi connectivity index (χ0n) is 79.5. The molecule has 35 heteroatoms. The van der Waals surface area contributed by atoms with Crippen LogP contribution in [0.5, 0.6) is 23.0 Å². The van der Waals surface area contributed by atoms with Gasteiger partial charge in [0.15, 0.2) is 32.9 Å². The van der Waals surface area contributed by atoms with E-state index in [0.717, 1.165) is 86.4 Å². The number of hydrogen-bond donors (Lipinski definition) is 0. The van der Waals surface area contributed by atoms with Gasteiger partial charge in [0.25, 0.3) is 29.4 Å². The van der Waals surface area contributed by atoms with Gasteiger partial charge < -0.3 is 56.8 Å². The number of ketones is 3. The number of amides is 4. The van der Waals surface area contributed by atoms with E-state index < -0.39 is 61.6 Å². The highest BCUT2D eigenvalue weighted by Gasteiger charge is 2.54. The van der Waals surface area contributed by atoms with Crippen molar-refractivity contribution in [3.8, 4) is 23.0 Å². The van der Waals surface area contributed by atoms with E-state index in [0.29, 0.717) is 162 Å². The second kappa shape index (κ2) is 37.9. The average Bonchev–Trinajstić information content (AvgIpc) is 1.55. The molecule has 0 bridgehead atoms. The molecule has 4 spiro atoms.